The Morgan fingerprint density at radius 1 is 1.29 bits per heavy atom. The van der Waals surface area contributed by atoms with E-state index in [0.717, 1.165) is 0 Å². The van der Waals surface area contributed by atoms with Crippen LogP contribution in [0, 0.1) is 6.92 Å². The van der Waals surface area contributed by atoms with Crippen molar-refractivity contribution < 1.29 is 0 Å². The molecule has 3 heteroatoms. The second kappa shape index (κ2) is 4.20. The minimum Gasteiger partial charge on any atom is -0.379 e. The van der Waals surface area contributed by atoms with Gasteiger partial charge in [-0.05, 0) is 53.4 Å². The van der Waals surface area contributed by atoms with Crippen molar-refractivity contribution in [3.05, 3.63) is 22.2 Å². The highest BCUT2D eigenvalue weighted by Crippen LogP contribution is 2.42. The van der Waals surface area contributed by atoms with Crippen LogP contribution in [0.2, 0.25) is 0 Å². The smallest absolute Gasteiger partial charge is 0.0747 e. The molecule has 1 saturated carbocycles. The second-order valence-corrected chi connectivity index (χ2v) is 6.21. The van der Waals surface area contributed by atoms with E-state index in [4.69, 9.17) is 0 Å². The summed E-state index contributed by atoms with van der Waals surface area (Å²) in [6.45, 7) is 2.15. The Labute approximate surface area is 112 Å². The van der Waals surface area contributed by atoms with Crippen LogP contribution in [0.3, 0.4) is 0 Å². The standard InChI is InChI=1S/C14H19BrN2/c1-9-7-10(15)14-12(8-9)16-11-5-3-4-6-13(11)17(14)2/h7-8,11,13,16H,3-6H2,1-2H3. The number of nitrogens with zero attached hydrogens (tertiary/aromatic N) is 1. The average Bonchev–Trinajstić information content (AvgIpc) is 2.28. The fourth-order valence-corrected chi connectivity index (χ4v) is 4.17. The van der Waals surface area contributed by atoms with E-state index in [1.54, 1.807) is 0 Å². The highest BCUT2D eigenvalue weighted by molar-refractivity contribution is 9.10. The van der Waals surface area contributed by atoms with Crippen molar-refractivity contribution >= 4 is 27.3 Å². The highest BCUT2D eigenvalue weighted by atomic mass is 79.9. The molecule has 3 rings (SSSR count). The van der Waals surface area contributed by atoms with E-state index in [1.807, 2.05) is 0 Å². The SMILES string of the molecule is Cc1cc(Br)c2c(c1)NC1CCCCC1N2C. The molecule has 2 unspecified atom stereocenters. The van der Waals surface area contributed by atoms with Crippen LogP contribution in [-0.4, -0.2) is 19.1 Å². The molecule has 1 aliphatic carbocycles. The number of likely N-dealkylation sites (N-methyl/N-ethyl adjacent to an activating group) is 1. The lowest BCUT2D eigenvalue weighted by Gasteiger charge is -2.45. The molecule has 2 atom stereocenters. The van der Waals surface area contributed by atoms with Gasteiger partial charge in [0.05, 0.1) is 11.4 Å². The third kappa shape index (κ3) is 1.85. The summed E-state index contributed by atoms with van der Waals surface area (Å²) in [5.41, 5.74) is 3.94. The van der Waals surface area contributed by atoms with Crippen LogP contribution in [0.5, 0.6) is 0 Å². The number of fused-ring (bicyclic) bond motifs is 2. The number of benzene rings is 1. The predicted molar refractivity (Wildman–Crippen MR) is 76.9 cm³/mol. The summed E-state index contributed by atoms with van der Waals surface area (Å²) in [5.74, 6) is 0. The minimum atomic E-state index is 0.634. The molecule has 1 N–H and O–H groups in total. The van der Waals surface area contributed by atoms with Gasteiger partial charge in [0.2, 0.25) is 0 Å². The summed E-state index contributed by atoms with van der Waals surface area (Å²) in [5, 5.41) is 3.74. The predicted octanol–water partition coefficient (Wildman–Crippen LogP) is 3.93. The number of hydrogen-bond donors (Lipinski definition) is 1. The molecule has 0 amide bonds. The first-order valence-corrected chi connectivity index (χ1v) is 7.25. The monoisotopic (exact) mass is 294 g/mol. The lowest BCUT2D eigenvalue weighted by molar-refractivity contribution is 0.384. The molecule has 92 valence electrons. The van der Waals surface area contributed by atoms with Crippen LogP contribution in [0.15, 0.2) is 16.6 Å². The summed E-state index contributed by atoms with van der Waals surface area (Å²) in [6, 6.07) is 5.77. The Kier molecular flexibility index (Phi) is 2.81. The Balaban J connectivity index is 2.05. The first-order valence-electron chi connectivity index (χ1n) is 6.46. The first-order chi connectivity index (χ1) is 8.16. The Morgan fingerprint density at radius 3 is 2.88 bits per heavy atom. The summed E-state index contributed by atoms with van der Waals surface area (Å²) in [6.07, 6.45) is 5.35. The quantitative estimate of drug-likeness (QED) is 0.780. The maximum Gasteiger partial charge on any atom is 0.0747 e. The number of nitrogens with one attached hydrogen (secondary N) is 1. The molecule has 2 aliphatic rings. The molecule has 0 spiro atoms. The van der Waals surface area contributed by atoms with Crippen molar-refractivity contribution in [2.45, 2.75) is 44.7 Å². The van der Waals surface area contributed by atoms with Crippen LogP contribution in [0.25, 0.3) is 0 Å². The van der Waals surface area contributed by atoms with Gasteiger partial charge in [-0.2, -0.15) is 0 Å². The largest absolute Gasteiger partial charge is 0.379 e. The number of rotatable bonds is 0. The fourth-order valence-electron chi connectivity index (χ4n) is 3.31. The van der Waals surface area contributed by atoms with Crippen LogP contribution in [-0.2, 0) is 0 Å². The van der Waals surface area contributed by atoms with Gasteiger partial charge in [-0.25, -0.2) is 0 Å². The van der Waals surface area contributed by atoms with Crippen molar-refractivity contribution in [3.8, 4) is 0 Å². The first kappa shape index (κ1) is 11.4. The van der Waals surface area contributed by atoms with Gasteiger partial charge in [0.1, 0.15) is 0 Å². The lowest BCUT2D eigenvalue weighted by Crippen LogP contribution is -2.50. The van der Waals surface area contributed by atoms with Crippen LogP contribution >= 0.6 is 15.9 Å². The molecule has 17 heavy (non-hydrogen) atoms. The van der Waals surface area contributed by atoms with Crippen molar-refractivity contribution in [3.63, 3.8) is 0 Å². The molecule has 0 saturated heterocycles. The van der Waals surface area contributed by atoms with Gasteiger partial charge in [0.15, 0.2) is 0 Å². The summed E-state index contributed by atoms with van der Waals surface area (Å²) >= 11 is 3.71. The van der Waals surface area contributed by atoms with Gasteiger partial charge in [0, 0.05) is 23.6 Å². The maximum atomic E-state index is 3.74. The van der Waals surface area contributed by atoms with Crippen molar-refractivity contribution in [1.29, 1.82) is 0 Å². The van der Waals surface area contributed by atoms with E-state index >= 15 is 0 Å². The van der Waals surface area contributed by atoms with E-state index < -0.39 is 0 Å². The van der Waals surface area contributed by atoms with Crippen LogP contribution < -0.4 is 10.2 Å². The average molecular weight is 295 g/mol. The molecule has 1 aromatic carbocycles. The molecular weight excluding hydrogens is 276 g/mol. The zero-order chi connectivity index (χ0) is 12.0. The van der Waals surface area contributed by atoms with E-state index in [0.29, 0.717) is 12.1 Å². The van der Waals surface area contributed by atoms with Gasteiger partial charge in [-0.1, -0.05) is 12.8 Å². The Hall–Kier alpha value is -0.700. The third-order valence-corrected chi connectivity index (χ3v) is 4.73. The Bertz CT molecular complexity index is 444. The molecule has 1 heterocycles. The molecular formula is C14H19BrN2. The number of hydrogen-bond acceptors (Lipinski definition) is 2. The summed E-state index contributed by atoms with van der Waals surface area (Å²) in [4.78, 5) is 2.47. The van der Waals surface area contributed by atoms with Crippen molar-refractivity contribution in [1.82, 2.24) is 0 Å². The van der Waals surface area contributed by atoms with Crippen molar-refractivity contribution in [2.24, 2.45) is 0 Å². The minimum absolute atomic E-state index is 0.634. The molecule has 1 fully saturated rings. The second-order valence-electron chi connectivity index (χ2n) is 5.36. The normalized spacial score (nSPS) is 27.1. The van der Waals surface area contributed by atoms with E-state index in [1.165, 1.54) is 47.1 Å². The number of aryl methyl sites for hydroxylation is 1. The molecule has 2 nitrogen and oxygen atoms in total. The molecule has 0 radical (unpaired) electrons. The topological polar surface area (TPSA) is 15.3 Å². The maximum absolute atomic E-state index is 3.74. The summed E-state index contributed by atoms with van der Waals surface area (Å²) in [7, 11) is 2.24. The van der Waals surface area contributed by atoms with E-state index in [9.17, 15) is 0 Å². The lowest BCUT2D eigenvalue weighted by atomic mass is 9.87. The third-order valence-electron chi connectivity index (χ3n) is 4.13. The number of halogens is 1. The van der Waals surface area contributed by atoms with Crippen molar-refractivity contribution in [2.75, 3.05) is 17.3 Å². The fraction of sp³-hybridized carbons (Fsp3) is 0.571. The Morgan fingerprint density at radius 2 is 2.06 bits per heavy atom. The zero-order valence-electron chi connectivity index (χ0n) is 10.5. The van der Waals surface area contributed by atoms with E-state index in [-0.39, 0.29) is 0 Å². The van der Waals surface area contributed by atoms with Gasteiger partial charge < -0.3 is 10.2 Å². The summed E-state index contributed by atoms with van der Waals surface area (Å²) < 4.78 is 1.21. The van der Waals surface area contributed by atoms with Gasteiger partial charge in [-0.15, -0.1) is 0 Å². The zero-order valence-corrected chi connectivity index (χ0v) is 12.0. The van der Waals surface area contributed by atoms with Crippen LogP contribution in [0.4, 0.5) is 11.4 Å². The van der Waals surface area contributed by atoms with Gasteiger partial charge in [0.25, 0.3) is 0 Å². The molecule has 0 aromatic heterocycles. The van der Waals surface area contributed by atoms with Crippen LogP contribution in [0.1, 0.15) is 31.2 Å². The number of anilines is 2. The van der Waals surface area contributed by atoms with Gasteiger partial charge >= 0.3 is 0 Å². The molecule has 1 aliphatic heterocycles. The highest BCUT2D eigenvalue weighted by Gasteiger charge is 2.34. The molecule has 1 aromatic rings. The van der Waals surface area contributed by atoms with Gasteiger partial charge in [-0.3, -0.25) is 0 Å². The van der Waals surface area contributed by atoms with E-state index in [2.05, 4.69) is 52.3 Å². The molecule has 0 bridgehead atoms.